The summed E-state index contributed by atoms with van der Waals surface area (Å²) in [6.07, 6.45) is 10.8. The molecule has 5 nitrogen and oxygen atoms in total. The number of allylic oxidation sites excluding steroid dienone is 4. The molecule has 0 radical (unpaired) electrons. The highest BCUT2D eigenvalue weighted by atomic mass is 35.5. The van der Waals surface area contributed by atoms with Crippen LogP contribution >= 0.6 is 11.6 Å². The number of methoxy groups -OCH3 is 1. The van der Waals surface area contributed by atoms with Crippen molar-refractivity contribution in [3.05, 3.63) is 45.5 Å². The third-order valence-electron chi connectivity index (χ3n) is 7.26. The van der Waals surface area contributed by atoms with Crippen molar-refractivity contribution in [2.45, 2.75) is 60.8 Å². The van der Waals surface area contributed by atoms with Gasteiger partial charge in [0.1, 0.15) is 18.6 Å². The van der Waals surface area contributed by atoms with Crippen molar-refractivity contribution < 1.29 is 14.7 Å². The molecule has 1 fully saturated rings. The molecule has 1 aliphatic rings. The predicted molar refractivity (Wildman–Crippen MR) is 139 cm³/mol. The molecule has 0 amide bonds. The number of rotatable bonds is 8. The Balaban J connectivity index is 2.36. The molecule has 1 saturated carbocycles. The Hall–Kier alpha value is -2.27. The van der Waals surface area contributed by atoms with E-state index in [0.29, 0.717) is 45.7 Å². The highest BCUT2D eigenvalue weighted by molar-refractivity contribution is 6.33. The highest BCUT2D eigenvalue weighted by Gasteiger charge is 2.40. The number of ether oxygens (including phenoxy) is 1. The predicted octanol–water partition coefficient (Wildman–Crippen LogP) is 6.92. The van der Waals surface area contributed by atoms with E-state index >= 15 is 0 Å². The SMILES string of the molecule is CCN=C1CC[C@@H](C)[C@](C)(/C=C/C(C)=C/Cc2c(O)c(/C=N/OC)c(C)c(Cl)c2OC)[C@H]1C. The number of aromatic hydroxyl groups is 1. The van der Waals surface area contributed by atoms with E-state index in [9.17, 15) is 5.11 Å². The van der Waals surface area contributed by atoms with Crippen LogP contribution in [0.2, 0.25) is 5.02 Å². The summed E-state index contributed by atoms with van der Waals surface area (Å²) in [6.45, 7) is 13.8. The molecule has 0 spiro atoms. The van der Waals surface area contributed by atoms with Crippen LogP contribution in [-0.4, -0.2) is 37.8 Å². The Morgan fingerprint density at radius 1 is 1.30 bits per heavy atom. The molecule has 0 unspecified atom stereocenters. The first-order valence-electron chi connectivity index (χ1n) is 11.7. The minimum atomic E-state index is 0.0537. The molecule has 1 aromatic rings. The molecule has 0 saturated heterocycles. The lowest BCUT2D eigenvalue weighted by Gasteiger charge is -2.44. The molecule has 0 heterocycles. The van der Waals surface area contributed by atoms with Crippen molar-refractivity contribution in [1.82, 2.24) is 0 Å². The maximum atomic E-state index is 10.9. The molecule has 1 N–H and O–H groups in total. The smallest absolute Gasteiger partial charge is 0.144 e. The summed E-state index contributed by atoms with van der Waals surface area (Å²) in [5.41, 5.74) is 4.34. The summed E-state index contributed by atoms with van der Waals surface area (Å²) >= 11 is 6.54. The van der Waals surface area contributed by atoms with Gasteiger partial charge in [0.15, 0.2) is 0 Å². The van der Waals surface area contributed by atoms with Crippen LogP contribution in [0.3, 0.4) is 0 Å². The van der Waals surface area contributed by atoms with Crippen molar-refractivity contribution in [2.75, 3.05) is 20.8 Å². The number of phenolic OH excluding ortho intramolecular Hbond substituents is 1. The van der Waals surface area contributed by atoms with E-state index in [-0.39, 0.29) is 11.2 Å². The average Bonchev–Trinajstić information content (AvgIpc) is 2.79. The van der Waals surface area contributed by atoms with E-state index < -0.39 is 0 Å². The standard InChI is InChI=1S/C27H39ClN2O3/c1-9-29-23-13-11-18(3)27(6,20(23)5)15-14-17(2)10-12-21-25(31)22(16-30-33-8)19(4)24(28)26(21)32-7/h10,14-16,18,20,31H,9,11-13H2,1-8H3/b15-14+,17-10+,29-23?,30-16+/t18-,20+,27+/m1/s1. The lowest BCUT2D eigenvalue weighted by Crippen LogP contribution is -2.40. The second-order valence-electron chi connectivity index (χ2n) is 9.11. The zero-order chi connectivity index (χ0) is 24.8. The number of hydrogen-bond acceptors (Lipinski definition) is 5. The van der Waals surface area contributed by atoms with Crippen molar-refractivity contribution in [3.63, 3.8) is 0 Å². The first kappa shape index (κ1) is 27.0. The minimum Gasteiger partial charge on any atom is -0.507 e. The van der Waals surface area contributed by atoms with Crippen LogP contribution < -0.4 is 4.74 Å². The van der Waals surface area contributed by atoms with Crippen molar-refractivity contribution in [2.24, 2.45) is 27.4 Å². The highest BCUT2D eigenvalue weighted by Crippen LogP contribution is 2.45. The number of aliphatic imine (C=N–C) groups is 1. The fourth-order valence-corrected chi connectivity index (χ4v) is 4.87. The Morgan fingerprint density at radius 2 is 2.00 bits per heavy atom. The number of hydrogen-bond donors (Lipinski definition) is 1. The van der Waals surface area contributed by atoms with Crippen LogP contribution in [0.4, 0.5) is 0 Å². The summed E-state index contributed by atoms with van der Waals surface area (Å²) < 4.78 is 5.54. The molecule has 2 rings (SSSR count). The first-order chi connectivity index (χ1) is 15.6. The van der Waals surface area contributed by atoms with Gasteiger partial charge < -0.3 is 14.7 Å². The van der Waals surface area contributed by atoms with E-state index in [1.807, 2.05) is 6.92 Å². The maximum absolute atomic E-state index is 10.9. The fourth-order valence-electron chi connectivity index (χ4n) is 4.58. The zero-order valence-corrected chi connectivity index (χ0v) is 22.1. The van der Waals surface area contributed by atoms with Crippen LogP contribution in [-0.2, 0) is 11.3 Å². The number of phenols is 1. The van der Waals surface area contributed by atoms with Gasteiger partial charge in [-0.1, -0.05) is 61.3 Å². The quantitative estimate of drug-likeness (QED) is 0.252. The van der Waals surface area contributed by atoms with E-state index in [4.69, 9.17) is 26.2 Å². The Morgan fingerprint density at radius 3 is 2.61 bits per heavy atom. The second-order valence-corrected chi connectivity index (χ2v) is 9.49. The van der Waals surface area contributed by atoms with Gasteiger partial charge >= 0.3 is 0 Å². The van der Waals surface area contributed by atoms with E-state index in [2.05, 4.69) is 58.0 Å². The number of nitrogens with zero attached hydrogens (tertiary/aromatic N) is 2. The molecule has 3 atom stereocenters. The van der Waals surface area contributed by atoms with E-state index in [1.165, 1.54) is 19.0 Å². The first-order valence-corrected chi connectivity index (χ1v) is 12.0. The van der Waals surface area contributed by atoms with Gasteiger partial charge in [0, 0.05) is 29.3 Å². The third kappa shape index (κ3) is 5.81. The molecular weight excluding hydrogens is 436 g/mol. The molecule has 0 aromatic heterocycles. The van der Waals surface area contributed by atoms with Gasteiger partial charge in [-0.2, -0.15) is 0 Å². The summed E-state index contributed by atoms with van der Waals surface area (Å²) in [5.74, 6) is 1.57. The second kappa shape index (κ2) is 11.7. The average molecular weight is 475 g/mol. The van der Waals surface area contributed by atoms with Crippen LogP contribution in [0, 0.1) is 24.2 Å². The lowest BCUT2D eigenvalue weighted by molar-refractivity contribution is 0.192. The minimum absolute atomic E-state index is 0.0537. The molecular formula is C27H39ClN2O3. The topological polar surface area (TPSA) is 63.4 Å². The van der Waals surface area contributed by atoms with Crippen LogP contribution in [0.1, 0.15) is 64.2 Å². The van der Waals surface area contributed by atoms with E-state index in [0.717, 1.165) is 25.0 Å². The Labute approximate surface area is 204 Å². The van der Waals surface area contributed by atoms with Crippen LogP contribution in [0.25, 0.3) is 0 Å². The fraction of sp³-hybridized carbons (Fsp3) is 0.556. The largest absolute Gasteiger partial charge is 0.507 e. The maximum Gasteiger partial charge on any atom is 0.144 e. The zero-order valence-electron chi connectivity index (χ0n) is 21.3. The van der Waals surface area contributed by atoms with Crippen molar-refractivity contribution in [1.29, 1.82) is 0 Å². The van der Waals surface area contributed by atoms with E-state index in [1.54, 1.807) is 7.11 Å². The molecule has 182 valence electrons. The summed E-state index contributed by atoms with van der Waals surface area (Å²) in [6, 6.07) is 0. The molecule has 1 aliphatic carbocycles. The summed E-state index contributed by atoms with van der Waals surface area (Å²) in [4.78, 5) is 9.55. The van der Waals surface area contributed by atoms with Gasteiger partial charge in [0.25, 0.3) is 0 Å². The normalized spacial score (nSPS) is 25.4. The summed E-state index contributed by atoms with van der Waals surface area (Å²) in [5, 5.41) is 15.2. The van der Waals surface area contributed by atoms with Gasteiger partial charge in [-0.05, 0) is 56.9 Å². The van der Waals surface area contributed by atoms with Gasteiger partial charge in [-0.3, -0.25) is 4.99 Å². The summed E-state index contributed by atoms with van der Waals surface area (Å²) in [7, 11) is 3.02. The van der Waals surface area contributed by atoms with Crippen molar-refractivity contribution in [3.8, 4) is 11.5 Å². The molecule has 0 aliphatic heterocycles. The van der Waals surface area contributed by atoms with Gasteiger partial charge in [0.2, 0.25) is 0 Å². The number of halogens is 1. The Bertz CT molecular complexity index is 965. The van der Waals surface area contributed by atoms with Gasteiger partial charge in [-0.15, -0.1) is 0 Å². The van der Waals surface area contributed by atoms with Crippen molar-refractivity contribution >= 4 is 23.5 Å². The molecule has 1 aromatic carbocycles. The van der Waals surface area contributed by atoms with Crippen LogP contribution in [0.15, 0.2) is 33.9 Å². The Kier molecular flexibility index (Phi) is 9.59. The van der Waals surface area contributed by atoms with Crippen LogP contribution in [0.5, 0.6) is 11.5 Å². The number of oxime groups is 1. The monoisotopic (exact) mass is 474 g/mol. The molecule has 6 heteroatoms. The third-order valence-corrected chi connectivity index (χ3v) is 7.72. The molecule has 0 bridgehead atoms. The number of benzene rings is 1. The lowest BCUT2D eigenvalue weighted by atomic mass is 9.61. The molecule has 33 heavy (non-hydrogen) atoms. The van der Waals surface area contributed by atoms with Gasteiger partial charge in [-0.25, -0.2) is 0 Å². The van der Waals surface area contributed by atoms with Gasteiger partial charge in [0.05, 0.1) is 18.3 Å².